The van der Waals surface area contributed by atoms with Crippen molar-refractivity contribution in [1.82, 2.24) is 25.1 Å². The zero-order valence-electron chi connectivity index (χ0n) is 16.7. The Morgan fingerprint density at radius 1 is 1.37 bits per heavy atom. The van der Waals surface area contributed by atoms with Gasteiger partial charge in [0.05, 0.1) is 17.4 Å². The Balaban J connectivity index is 1.75. The number of pyridine rings is 2. The smallest absolute Gasteiger partial charge is 0.278 e. The summed E-state index contributed by atoms with van der Waals surface area (Å²) in [5.74, 6) is -3.10. The molecule has 2 N–H and O–H groups in total. The SMILES string of the molecule is Cc1cc(Cn2cc3c(C(=O)NCCCO)nccc3n2)cnc1OCC(C)(F)F. The highest BCUT2D eigenvalue weighted by Crippen LogP contribution is 2.21. The molecule has 30 heavy (non-hydrogen) atoms. The first kappa shape index (κ1) is 21.6. The first-order chi connectivity index (χ1) is 14.3. The molecule has 0 aromatic carbocycles. The third kappa shape index (κ3) is 5.47. The van der Waals surface area contributed by atoms with Crippen LogP contribution in [-0.4, -0.2) is 56.4 Å². The molecule has 0 fully saturated rings. The van der Waals surface area contributed by atoms with E-state index < -0.39 is 12.5 Å². The fourth-order valence-corrected chi connectivity index (χ4v) is 2.86. The van der Waals surface area contributed by atoms with Gasteiger partial charge in [0.2, 0.25) is 5.88 Å². The van der Waals surface area contributed by atoms with Crippen LogP contribution in [0.4, 0.5) is 8.78 Å². The molecule has 0 radical (unpaired) electrons. The van der Waals surface area contributed by atoms with Gasteiger partial charge in [-0.2, -0.15) is 5.10 Å². The summed E-state index contributed by atoms with van der Waals surface area (Å²) in [5, 5.41) is 16.6. The maximum Gasteiger partial charge on any atom is 0.278 e. The topological polar surface area (TPSA) is 102 Å². The van der Waals surface area contributed by atoms with Crippen molar-refractivity contribution in [3.8, 4) is 5.88 Å². The molecule has 3 rings (SSSR count). The third-order valence-electron chi connectivity index (χ3n) is 4.21. The summed E-state index contributed by atoms with van der Waals surface area (Å²) in [7, 11) is 0. The number of aryl methyl sites for hydroxylation is 1. The molecule has 0 aliphatic carbocycles. The summed E-state index contributed by atoms with van der Waals surface area (Å²) >= 11 is 0. The van der Waals surface area contributed by atoms with Crippen molar-refractivity contribution in [3.05, 3.63) is 47.5 Å². The molecule has 0 bridgehead atoms. The van der Waals surface area contributed by atoms with Crippen molar-refractivity contribution in [3.63, 3.8) is 0 Å². The number of nitrogens with zero attached hydrogens (tertiary/aromatic N) is 4. The van der Waals surface area contributed by atoms with Gasteiger partial charge in [-0.05, 0) is 31.0 Å². The summed E-state index contributed by atoms with van der Waals surface area (Å²) in [5.41, 5.74) is 2.32. The molecule has 0 unspecified atom stereocenters. The molecule has 0 atom stereocenters. The number of rotatable bonds is 9. The Kier molecular flexibility index (Phi) is 6.56. The third-order valence-corrected chi connectivity index (χ3v) is 4.21. The minimum atomic E-state index is -2.93. The number of fused-ring (bicyclic) bond motifs is 1. The van der Waals surface area contributed by atoms with E-state index in [1.807, 2.05) is 0 Å². The van der Waals surface area contributed by atoms with Crippen LogP contribution in [0.25, 0.3) is 10.9 Å². The van der Waals surface area contributed by atoms with Crippen LogP contribution in [0.3, 0.4) is 0 Å². The summed E-state index contributed by atoms with van der Waals surface area (Å²) in [6, 6.07) is 3.50. The summed E-state index contributed by atoms with van der Waals surface area (Å²) in [4.78, 5) is 20.6. The summed E-state index contributed by atoms with van der Waals surface area (Å²) in [6.45, 7) is 2.51. The molecule has 8 nitrogen and oxygen atoms in total. The van der Waals surface area contributed by atoms with Crippen molar-refractivity contribution in [1.29, 1.82) is 0 Å². The molecule has 1 amide bonds. The number of carbonyl (C=O) groups excluding carboxylic acids is 1. The maximum absolute atomic E-state index is 13.0. The molecule has 3 aromatic rings. The van der Waals surface area contributed by atoms with E-state index in [0.717, 1.165) is 12.5 Å². The Labute approximate surface area is 171 Å². The number of hydrogen-bond donors (Lipinski definition) is 2. The van der Waals surface area contributed by atoms with Gasteiger partial charge in [0.15, 0.2) is 6.61 Å². The molecule has 0 aliphatic heterocycles. The monoisotopic (exact) mass is 419 g/mol. The zero-order chi connectivity index (χ0) is 21.7. The van der Waals surface area contributed by atoms with Crippen LogP contribution in [0, 0.1) is 6.92 Å². The number of carbonyl (C=O) groups is 1. The second kappa shape index (κ2) is 9.12. The average Bonchev–Trinajstić information content (AvgIpc) is 3.09. The number of aliphatic hydroxyl groups excluding tert-OH is 1. The van der Waals surface area contributed by atoms with Crippen molar-refractivity contribution in [2.24, 2.45) is 0 Å². The van der Waals surface area contributed by atoms with Crippen molar-refractivity contribution in [2.45, 2.75) is 32.7 Å². The lowest BCUT2D eigenvalue weighted by Crippen LogP contribution is -2.26. The number of halogens is 2. The molecule has 10 heteroatoms. The van der Waals surface area contributed by atoms with Crippen LogP contribution in [0.15, 0.2) is 30.7 Å². The van der Waals surface area contributed by atoms with Crippen molar-refractivity contribution < 1.29 is 23.4 Å². The van der Waals surface area contributed by atoms with Gasteiger partial charge in [0, 0.05) is 44.2 Å². The van der Waals surface area contributed by atoms with Crippen LogP contribution in [0.2, 0.25) is 0 Å². The lowest BCUT2D eigenvalue weighted by Gasteiger charge is -2.13. The lowest BCUT2D eigenvalue weighted by molar-refractivity contribution is -0.0244. The summed E-state index contributed by atoms with van der Waals surface area (Å²) < 4.78 is 32.7. The highest BCUT2D eigenvalue weighted by molar-refractivity contribution is 6.04. The van der Waals surface area contributed by atoms with Gasteiger partial charge in [-0.1, -0.05) is 0 Å². The number of nitrogens with one attached hydrogen (secondary N) is 1. The van der Waals surface area contributed by atoms with Gasteiger partial charge in [0.25, 0.3) is 11.8 Å². The molecule has 3 heterocycles. The Morgan fingerprint density at radius 3 is 2.87 bits per heavy atom. The van der Waals surface area contributed by atoms with E-state index in [1.54, 1.807) is 36.1 Å². The second-order valence-corrected chi connectivity index (χ2v) is 7.08. The highest BCUT2D eigenvalue weighted by Gasteiger charge is 2.23. The van der Waals surface area contributed by atoms with E-state index in [4.69, 9.17) is 9.84 Å². The van der Waals surface area contributed by atoms with Crippen molar-refractivity contribution in [2.75, 3.05) is 19.8 Å². The van der Waals surface area contributed by atoms with Crippen LogP contribution in [0.5, 0.6) is 5.88 Å². The highest BCUT2D eigenvalue weighted by atomic mass is 19.3. The Bertz CT molecular complexity index is 1030. The molecule has 3 aromatic heterocycles. The molecular formula is C20H23F2N5O3. The number of alkyl halides is 2. The lowest BCUT2D eigenvalue weighted by atomic mass is 10.2. The van der Waals surface area contributed by atoms with Gasteiger partial charge in [-0.25, -0.2) is 13.8 Å². The van der Waals surface area contributed by atoms with Crippen LogP contribution in [0.1, 0.15) is 35.0 Å². The first-order valence-electron chi connectivity index (χ1n) is 9.44. The fourth-order valence-electron chi connectivity index (χ4n) is 2.86. The fraction of sp³-hybridized carbons (Fsp3) is 0.400. The molecule has 0 aliphatic rings. The molecule has 0 saturated carbocycles. The van der Waals surface area contributed by atoms with E-state index in [1.165, 1.54) is 6.20 Å². The van der Waals surface area contributed by atoms with E-state index in [2.05, 4.69) is 20.4 Å². The number of hydrogen-bond acceptors (Lipinski definition) is 6. The van der Waals surface area contributed by atoms with Gasteiger partial charge in [-0.15, -0.1) is 0 Å². The van der Waals surface area contributed by atoms with Crippen molar-refractivity contribution >= 4 is 16.8 Å². The van der Waals surface area contributed by atoms with E-state index in [9.17, 15) is 13.6 Å². The second-order valence-electron chi connectivity index (χ2n) is 7.08. The Morgan fingerprint density at radius 2 is 2.17 bits per heavy atom. The normalized spacial score (nSPS) is 11.6. The largest absolute Gasteiger partial charge is 0.471 e. The molecule has 160 valence electrons. The molecule has 0 spiro atoms. The van der Waals surface area contributed by atoms with Crippen LogP contribution < -0.4 is 10.1 Å². The number of aliphatic hydroxyl groups is 1. The predicted molar refractivity (Wildman–Crippen MR) is 106 cm³/mol. The Hall–Kier alpha value is -3.14. The summed E-state index contributed by atoms with van der Waals surface area (Å²) in [6.07, 6.45) is 5.24. The zero-order valence-corrected chi connectivity index (χ0v) is 16.7. The number of ether oxygens (including phenoxy) is 1. The van der Waals surface area contributed by atoms with Crippen LogP contribution >= 0.6 is 0 Å². The standard InChI is InChI=1S/C20H23F2N5O3/c1-13-8-14(9-25-19(13)30-12-20(2,21)22)10-27-11-15-16(26-27)4-6-23-17(15)18(29)24-5-3-7-28/h4,6,8-9,11,28H,3,5,7,10,12H2,1-2H3,(H,24,29). The van der Waals surface area contributed by atoms with E-state index in [0.29, 0.717) is 36.0 Å². The average molecular weight is 419 g/mol. The number of aromatic nitrogens is 4. The minimum Gasteiger partial charge on any atom is -0.471 e. The van der Waals surface area contributed by atoms with Gasteiger partial charge in [-0.3, -0.25) is 14.5 Å². The van der Waals surface area contributed by atoms with Gasteiger partial charge < -0.3 is 15.2 Å². The molecular weight excluding hydrogens is 396 g/mol. The minimum absolute atomic E-state index is 0.00596. The van der Waals surface area contributed by atoms with Gasteiger partial charge in [0.1, 0.15) is 5.69 Å². The quantitative estimate of drug-likeness (QED) is 0.516. The van der Waals surface area contributed by atoms with E-state index in [-0.39, 0.29) is 24.1 Å². The maximum atomic E-state index is 13.0. The predicted octanol–water partition coefficient (Wildman–Crippen LogP) is 2.33. The van der Waals surface area contributed by atoms with Crippen LogP contribution in [-0.2, 0) is 6.54 Å². The molecule has 0 saturated heterocycles. The van der Waals surface area contributed by atoms with E-state index >= 15 is 0 Å². The number of amides is 1. The van der Waals surface area contributed by atoms with Gasteiger partial charge >= 0.3 is 0 Å². The first-order valence-corrected chi connectivity index (χ1v) is 9.44.